The maximum absolute atomic E-state index is 13.4. The van der Waals surface area contributed by atoms with Gasteiger partial charge in [-0.1, -0.05) is 0 Å². The Balaban J connectivity index is 1.30. The number of H-pyrrole nitrogens is 1. The number of nitrogens with zero attached hydrogens (tertiary/aromatic N) is 2. The Bertz CT molecular complexity index is 1190. The number of carbonyl (C=O) groups is 1. The summed E-state index contributed by atoms with van der Waals surface area (Å²) in [6, 6.07) is 12.4. The third-order valence-corrected chi connectivity index (χ3v) is 7.32. The van der Waals surface area contributed by atoms with Crippen LogP contribution in [0.2, 0.25) is 0 Å². The smallest absolute Gasteiger partial charge is 0.255 e. The summed E-state index contributed by atoms with van der Waals surface area (Å²) >= 11 is 0. The van der Waals surface area contributed by atoms with E-state index in [0.29, 0.717) is 18.8 Å². The van der Waals surface area contributed by atoms with Crippen LogP contribution in [-0.2, 0) is 22.3 Å². The molecular weight excluding hydrogens is 428 g/mol. The third-order valence-electron chi connectivity index (χ3n) is 7.32. The molecule has 2 fully saturated rings. The first kappa shape index (κ1) is 21.5. The number of morpholine rings is 2. The molecule has 2 aromatic carbocycles. The number of hydrogen-bond donors (Lipinski definition) is 2. The van der Waals surface area contributed by atoms with E-state index in [4.69, 9.17) is 9.47 Å². The number of aromatic nitrogens is 1. The highest BCUT2D eigenvalue weighted by atomic mass is 16.5. The van der Waals surface area contributed by atoms with Crippen molar-refractivity contribution < 1.29 is 14.3 Å². The lowest BCUT2D eigenvalue weighted by Gasteiger charge is -2.33. The highest BCUT2D eigenvalue weighted by Crippen LogP contribution is 2.33. The molecule has 0 saturated carbocycles. The van der Waals surface area contributed by atoms with Gasteiger partial charge < -0.3 is 29.6 Å². The van der Waals surface area contributed by atoms with E-state index in [9.17, 15) is 4.79 Å². The molecule has 3 heterocycles. The van der Waals surface area contributed by atoms with E-state index in [2.05, 4.69) is 38.3 Å². The van der Waals surface area contributed by atoms with Crippen LogP contribution in [0.3, 0.4) is 0 Å². The second-order valence-corrected chi connectivity index (χ2v) is 9.40. The minimum absolute atomic E-state index is 0.0682. The summed E-state index contributed by atoms with van der Waals surface area (Å²) in [6.45, 7) is 6.29. The number of fused-ring (bicyclic) bond motifs is 3. The SMILES string of the molecule is O=C(Nc1ccc(N2CCOCC2)cc1N1CCOCC1)c1ccc2[nH]c3c(c2c1)CCCC3. The molecule has 178 valence electrons. The molecule has 0 atom stereocenters. The monoisotopic (exact) mass is 460 g/mol. The molecule has 3 aliphatic rings. The zero-order chi connectivity index (χ0) is 22.9. The van der Waals surface area contributed by atoms with E-state index >= 15 is 0 Å². The van der Waals surface area contributed by atoms with Crippen LogP contribution in [-0.4, -0.2) is 63.5 Å². The zero-order valence-corrected chi connectivity index (χ0v) is 19.6. The highest BCUT2D eigenvalue weighted by molar-refractivity contribution is 6.08. The molecule has 0 bridgehead atoms. The normalized spacial score (nSPS) is 18.7. The van der Waals surface area contributed by atoms with E-state index in [1.54, 1.807) is 0 Å². The molecule has 1 aromatic heterocycles. The van der Waals surface area contributed by atoms with Gasteiger partial charge in [-0.25, -0.2) is 0 Å². The average molecular weight is 461 g/mol. The van der Waals surface area contributed by atoms with Gasteiger partial charge in [-0.2, -0.15) is 0 Å². The van der Waals surface area contributed by atoms with Gasteiger partial charge in [0, 0.05) is 54.0 Å². The molecule has 2 N–H and O–H groups in total. The van der Waals surface area contributed by atoms with Gasteiger partial charge in [0.25, 0.3) is 5.91 Å². The van der Waals surface area contributed by atoms with Crippen LogP contribution < -0.4 is 15.1 Å². The standard InChI is InChI=1S/C27H32N4O3/c32-27(19-5-7-24-22(17-19)21-3-1-2-4-23(21)28-24)29-25-8-6-20(30-9-13-33-14-10-30)18-26(25)31-11-15-34-16-12-31/h5-8,17-18,28H,1-4,9-16H2,(H,29,32). The maximum atomic E-state index is 13.4. The van der Waals surface area contributed by atoms with Crippen molar-refractivity contribution in [2.24, 2.45) is 0 Å². The number of ether oxygens (including phenoxy) is 2. The number of aryl methyl sites for hydroxylation is 2. The summed E-state index contributed by atoms with van der Waals surface area (Å²) in [4.78, 5) is 21.6. The summed E-state index contributed by atoms with van der Waals surface area (Å²) < 4.78 is 11.1. The minimum Gasteiger partial charge on any atom is -0.378 e. The molecule has 0 spiro atoms. The molecule has 0 radical (unpaired) electrons. The fraction of sp³-hybridized carbons (Fsp3) is 0.444. The van der Waals surface area contributed by atoms with Crippen molar-refractivity contribution in [1.29, 1.82) is 0 Å². The van der Waals surface area contributed by atoms with Gasteiger partial charge in [0.1, 0.15) is 0 Å². The van der Waals surface area contributed by atoms with E-state index in [1.165, 1.54) is 35.2 Å². The predicted molar refractivity (Wildman–Crippen MR) is 135 cm³/mol. The highest BCUT2D eigenvalue weighted by Gasteiger charge is 2.21. The number of nitrogens with one attached hydrogen (secondary N) is 2. The van der Waals surface area contributed by atoms with E-state index < -0.39 is 0 Å². The largest absolute Gasteiger partial charge is 0.378 e. The lowest BCUT2D eigenvalue weighted by atomic mass is 9.95. The number of aromatic amines is 1. The van der Waals surface area contributed by atoms with Crippen molar-refractivity contribution in [3.63, 3.8) is 0 Å². The Hall–Kier alpha value is -3.03. The van der Waals surface area contributed by atoms with Crippen LogP contribution in [0.4, 0.5) is 17.1 Å². The van der Waals surface area contributed by atoms with Gasteiger partial charge in [-0.05, 0) is 67.6 Å². The molecule has 2 saturated heterocycles. The summed E-state index contributed by atoms with van der Waals surface area (Å²) in [6.07, 6.45) is 4.64. The van der Waals surface area contributed by atoms with Gasteiger partial charge in [0.2, 0.25) is 0 Å². The van der Waals surface area contributed by atoms with E-state index in [1.807, 2.05) is 18.2 Å². The van der Waals surface area contributed by atoms with Crippen LogP contribution >= 0.6 is 0 Å². The summed E-state index contributed by atoms with van der Waals surface area (Å²) in [5.74, 6) is -0.0682. The molecular formula is C27H32N4O3. The Morgan fingerprint density at radius 3 is 2.38 bits per heavy atom. The molecule has 1 aliphatic carbocycles. The number of carbonyl (C=O) groups excluding carboxylic acids is 1. The molecule has 3 aromatic rings. The van der Waals surface area contributed by atoms with Gasteiger partial charge in [-0.15, -0.1) is 0 Å². The van der Waals surface area contributed by atoms with E-state index in [-0.39, 0.29) is 5.91 Å². The molecule has 6 rings (SSSR count). The summed E-state index contributed by atoms with van der Waals surface area (Å²) in [7, 11) is 0. The molecule has 1 amide bonds. The molecule has 0 unspecified atom stereocenters. The Kier molecular flexibility index (Phi) is 5.89. The summed E-state index contributed by atoms with van der Waals surface area (Å²) in [5.41, 5.74) is 7.63. The van der Waals surface area contributed by atoms with Crippen molar-refractivity contribution in [2.45, 2.75) is 25.7 Å². The van der Waals surface area contributed by atoms with Gasteiger partial charge in [0.15, 0.2) is 0 Å². The lowest BCUT2D eigenvalue weighted by Crippen LogP contribution is -2.38. The molecule has 34 heavy (non-hydrogen) atoms. The number of rotatable bonds is 4. The van der Waals surface area contributed by atoms with Crippen molar-refractivity contribution in [3.05, 3.63) is 53.2 Å². The topological polar surface area (TPSA) is 69.8 Å². The predicted octanol–water partition coefficient (Wildman–Crippen LogP) is 3.97. The van der Waals surface area contributed by atoms with Crippen molar-refractivity contribution >= 4 is 33.9 Å². The van der Waals surface area contributed by atoms with Crippen LogP contribution in [0.25, 0.3) is 10.9 Å². The van der Waals surface area contributed by atoms with Crippen LogP contribution in [0.5, 0.6) is 0 Å². The number of hydrogen-bond acceptors (Lipinski definition) is 5. The zero-order valence-electron chi connectivity index (χ0n) is 19.6. The second kappa shape index (κ2) is 9.31. The minimum atomic E-state index is -0.0682. The van der Waals surface area contributed by atoms with Crippen LogP contribution in [0.1, 0.15) is 34.5 Å². The van der Waals surface area contributed by atoms with Crippen molar-refractivity contribution in [2.75, 3.05) is 67.7 Å². The number of amides is 1. The first-order chi connectivity index (χ1) is 16.8. The quantitative estimate of drug-likeness (QED) is 0.617. The number of benzene rings is 2. The third kappa shape index (κ3) is 4.14. The summed E-state index contributed by atoms with van der Waals surface area (Å²) in [5, 5.41) is 4.41. The average Bonchev–Trinajstić information content (AvgIpc) is 3.28. The number of anilines is 3. The molecule has 2 aliphatic heterocycles. The fourth-order valence-electron chi connectivity index (χ4n) is 5.45. The molecule has 7 nitrogen and oxygen atoms in total. The lowest BCUT2D eigenvalue weighted by molar-refractivity contribution is 0.102. The van der Waals surface area contributed by atoms with Gasteiger partial charge in [0.05, 0.1) is 37.8 Å². The first-order valence-corrected chi connectivity index (χ1v) is 12.5. The van der Waals surface area contributed by atoms with Gasteiger partial charge >= 0.3 is 0 Å². The van der Waals surface area contributed by atoms with Crippen LogP contribution in [0.15, 0.2) is 36.4 Å². The van der Waals surface area contributed by atoms with Crippen LogP contribution in [0, 0.1) is 0 Å². The van der Waals surface area contributed by atoms with Crippen molar-refractivity contribution in [1.82, 2.24) is 4.98 Å². The maximum Gasteiger partial charge on any atom is 0.255 e. The Morgan fingerprint density at radius 2 is 1.59 bits per heavy atom. The van der Waals surface area contributed by atoms with Gasteiger partial charge in [-0.3, -0.25) is 4.79 Å². The fourth-order valence-corrected chi connectivity index (χ4v) is 5.45. The van der Waals surface area contributed by atoms with Crippen molar-refractivity contribution in [3.8, 4) is 0 Å². The second-order valence-electron chi connectivity index (χ2n) is 9.40. The van der Waals surface area contributed by atoms with E-state index in [0.717, 1.165) is 69.1 Å². The first-order valence-electron chi connectivity index (χ1n) is 12.5. The Morgan fingerprint density at radius 1 is 0.853 bits per heavy atom. The molecule has 7 heteroatoms. The Labute approximate surface area is 200 Å².